The number of hydrogen-bond donors (Lipinski definition) is 2. The number of benzene rings is 1. The maximum atomic E-state index is 11.2. The minimum atomic E-state index is -0.0889. The van der Waals surface area contributed by atoms with Crippen LogP contribution in [-0.2, 0) is 11.2 Å². The van der Waals surface area contributed by atoms with Crippen LogP contribution in [-0.4, -0.2) is 24.2 Å². The Morgan fingerprint density at radius 3 is 2.47 bits per heavy atom. The van der Waals surface area contributed by atoms with Gasteiger partial charge in [-0.05, 0) is 49.4 Å². The second-order valence-electron chi connectivity index (χ2n) is 4.44. The predicted octanol–water partition coefficient (Wildman–Crippen LogP) is 1.65. The zero-order chi connectivity index (χ0) is 12.8. The van der Waals surface area contributed by atoms with E-state index in [9.17, 15) is 4.79 Å². The van der Waals surface area contributed by atoms with Crippen LogP contribution in [0.1, 0.15) is 28.7 Å². The van der Waals surface area contributed by atoms with Crippen LogP contribution in [0.4, 0.5) is 0 Å². The molecule has 3 heteroatoms. The molecular formula is C14H21NO2. The van der Waals surface area contributed by atoms with Crippen LogP contribution in [0.2, 0.25) is 0 Å². The molecule has 0 aliphatic carbocycles. The van der Waals surface area contributed by atoms with Gasteiger partial charge in [-0.15, -0.1) is 0 Å². The number of nitrogens with one attached hydrogen (secondary N) is 1. The Hall–Kier alpha value is -1.35. The summed E-state index contributed by atoms with van der Waals surface area (Å²) in [4.78, 5) is 11.2. The van der Waals surface area contributed by atoms with Crippen LogP contribution in [0, 0.1) is 20.8 Å². The molecule has 2 N–H and O–H groups in total. The molecular weight excluding hydrogens is 214 g/mol. The fraction of sp³-hybridized carbons (Fsp3) is 0.500. The molecule has 0 heterocycles. The summed E-state index contributed by atoms with van der Waals surface area (Å²) in [6.45, 7) is 6.84. The fourth-order valence-corrected chi connectivity index (χ4v) is 1.82. The van der Waals surface area contributed by atoms with Gasteiger partial charge in [-0.2, -0.15) is 0 Å². The molecule has 0 saturated heterocycles. The first-order valence-corrected chi connectivity index (χ1v) is 5.99. The van der Waals surface area contributed by atoms with Crippen LogP contribution in [0.25, 0.3) is 0 Å². The maximum Gasteiger partial charge on any atom is 0.222 e. The zero-order valence-corrected chi connectivity index (χ0v) is 10.8. The largest absolute Gasteiger partial charge is 0.396 e. The van der Waals surface area contributed by atoms with E-state index in [0.29, 0.717) is 6.54 Å². The number of aliphatic hydroxyl groups is 1. The molecule has 0 spiro atoms. The van der Waals surface area contributed by atoms with Gasteiger partial charge >= 0.3 is 0 Å². The molecule has 3 nitrogen and oxygen atoms in total. The number of amides is 1. The molecule has 0 bridgehead atoms. The van der Waals surface area contributed by atoms with Crippen LogP contribution in [0.15, 0.2) is 12.1 Å². The molecule has 0 fully saturated rings. The molecule has 0 saturated carbocycles. The third kappa shape index (κ3) is 4.19. The predicted molar refractivity (Wildman–Crippen MR) is 69.1 cm³/mol. The summed E-state index contributed by atoms with van der Waals surface area (Å²) in [7, 11) is 0. The van der Waals surface area contributed by atoms with E-state index < -0.39 is 0 Å². The molecule has 94 valence electrons. The summed E-state index contributed by atoms with van der Waals surface area (Å²) >= 11 is 0. The summed E-state index contributed by atoms with van der Waals surface area (Å²) in [5.41, 5.74) is 5.13. The fourth-order valence-electron chi connectivity index (χ4n) is 1.82. The Morgan fingerprint density at radius 1 is 1.18 bits per heavy atom. The molecule has 0 unspecified atom stereocenters. The van der Waals surface area contributed by atoms with Gasteiger partial charge in [0.2, 0.25) is 5.91 Å². The van der Waals surface area contributed by atoms with Gasteiger partial charge in [0.15, 0.2) is 0 Å². The first-order valence-electron chi connectivity index (χ1n) is 5.99. The molecule has 0 aromatic heterocycles. The average molecular weight is 235 g/mol. The van der Waals surface area contributed by atoms with Crippen molar-refractivity contribution in [1.29, 1.82) is 0 Å². The van der Waals surface area contributed by atoms with Crippen molar-refractivity contribution in [3.63, 3.8) is 0 Å². The lowest BCUT2D eigenvalue weighted by Crippen LogP contribution is -2.26. The van der Waals surface area contributed by atoms with E-state index >= 15 is 0 Å². The highest BCUT2D eigenvalue weighted by atomic mass is 16.3. The zero-order valence-electron chi connectivity index (χ0n) is 10.8. The van der Waals surface area contributed by atoms with E-state index in [0.717, 1.165) is 6.42 Å². The van der Waals surface area contributed by atoms with Gasteiger partial charge < -0.3 is 10.4 Å². The first kappa shape index (κ1) is 13.7. The van der Waals surface area contributed by atoms with E-state index in [-0.39, 0.29) is 18.9 Å². The number of hydrogen-bond acceptors (Lipinski definition) is 2. The van der Waals surface area contributed by atoms with Gasteiger partial charge in [0, 0.05) is 13.0 Å². The molecule has 17 heavy (non-hydrogen) atoms. The number of carbonyl (C=O) groups excluding carboxylic acids is 1. The van der Waals surface area contributed by atoms with E-state index in [1.165, 1.54) is 22.3 Å². The van der Waals surface area contributed by atoms with Crippen molar-refractivity contribution in [2.24, 2.45) is 0 Å². The third-order valence-electron chi connectivity index (χ3n) is 3.01. The highest BCUT2D eigenvalue weighted by molar-refractivity contribution is 5.75. The number of aliphatic hydroxyl groups excluding tert-OH is 1. The molecule has 0 aliphatic heterocycles. The highest BCUT2D eigenvalue weighted by Gasteiger charge is 2.03. The lowest BCUT2D eigenvalue weighted by molar-refractivity contribution is -0.121. The average Bonchev–Trinajstić information content (AvgIpc) is 2.26. The van der Waals surface area contributed by atoms with Crippen LogP contribution >= 0.6 is 0 Å². The van der Waals surface area contributed by atoms with Gasteiger partial charge in [0.25, 0.3) is 0 Å². The molecule has 0 radical (unpaired) electrons. The third-order valence-corrected chi connectivity index (χ3v) is 3.01. The second kappa shape index (κ2) is 6.40. The Morgan fingerprint density at radius 2 is 1.82 bits per heavy atom. The SMILES string of the molecule is Cc1cc(C)c(CCNC(=O)CCO)cc1C. The molecule has 0 aliphatic rings. The smallest absolute Gasteiger partial charge is 0.222 e. The van der Waals surface area contributed by atoms with Crippen molar-refractivity contribution in [3.05, 3.63) is 34.4 Å². The van der Waals surface area contributed by atoms with Gasteiger partial charge in [0.1, 0.15) is 0 Å². The topological polar surface area (TPSA) is 49.3 Å². The maximum absolute atomic E-state index is 11.2. The molecule has 0 atom stereocenters. The van der Waals surface area contributed by atoms with E-state index in [1.54, 1.807) is 0 Å². The summed E-state index contributed by atoms with van der Waals surface area (Å²) in [5.74, 6) is -0.0889. The summed E-state index contributed by atoms with van der Waals surface area (Å²) in [6.07, 6.45) is 1.02. The van der Waals surface area contributed by atoms with E-state index in [2.05, 4.69) is 38.2 Å². The number of aryl methyl sites for hydroxylation is 3. The van der Waals surface area contributed by atoms with Gasteiger partial charge in [0.05, 0.1) is 6.61 Å². The van der Waals surface area contributed by atoms with E-state index in [1.807, 2.05) is 0 Å². The lowest BCUT2D eigenvalue weighted by atomic mass is 9.99. The molecule has 1 rings (SSSR count). The van der Waals surface area contributed by atoms with Gasteiger partial charge in [-0.3, -0.25) is 4.79 Å². The highest BCUT2D eigenvalue weighted by Crippen LogP contribution is 2.15. The van der Waals surface area contributed by atoms with Crippen molar-refractivity contribution in [3.8, 4) is 0 Å². The Bertz CT molecular complexity index is 399. The normalized spacial score (nSPS) is 10.4. The molecule has 1 aromatic carbocycles. The van der Waals surface area contributed by atoms with E-state index in [4.69, 9.17) is 5.11 Å². The second-order valence-corrected chi connectivity index (χ2v) is 4.44. The summed E-state index contributed by atoms with van der Waals surface area (Å²) in [6, 6.07) is 4.36. The van der Waals surface area contributed by atoms with Gasteiger partial charge in [-0.25, -0.2) is 0 Å². The van der Waals surface area contributed by atoms with Crippen molar-refractivity contribution in [2.75, 3.05) is 13.2 Å². The van der Waals surface area contributed by atoms with Crippen molar-refractivity contribution in [1.82, 2.24) is 5.32 Å². The lowest BCUT2D eigenvalue weighted by Gasteiger charge is -2.10. The van der Waals surface area contributed by atoms with Crippen molar-refractivity contribution in [2.45, 2.75) is 33.6 Å². The van der Waals surface area contributed by atoms with Crippen LogP contribution in [0.3, 0.4) is 0 Å². The molecule has 1 aromatic rings. The summed E-state index contributed by atoms with van der Waals surface area (Å²) in [5, 5.41) is 11.4. The first-order chi connectivity index (χ1) is 8.04. The van der Waals surface area contributed by atoms with Crippen LogP contribution in [0.5, 0.6) is 0 Å². The minimum absolute atomic E-state index is 0.0888. The van der Waals surface area contributed by atoms with Crippen molar-refractivity contribution < 1.29 is 9.90 Å². The van der Waals surface area contributed by atoms with Crippen LogP contribution < -0.4 is 5.32 Å². The Kier molecular flexibility index (Phi) is 5.16. The Labute approximate surface area is 103 Å². The monoisotopic (exact) mass is 235 g/mol. The minimum Gasteiger partial charge on any atom is -0.396 e. The van der Waals surface area contributed by atoms with Gasteiger partial charge in [-0.1, -0.05) is 12.1 Å². The summed E-state index contributed by atoms with van der Waals surface area (Å²) < 4.78 is 0. The number of carbonyl (C=O) groups is 1. The van der Waals surface area contributed by atoms with Crippen molar-refractivity contribution >= 4 is 5.91 Å². The molecule has 1 amide bonds. The number of rotatable bonds is 5. The Balaban J connectivity index is 2.52. The quantitative estimate of drug-likeness (QED) is 0.815. The standard InChI is InChI=1S/C14H21NO2/c1-10-8-12(3)13(9-11(10)2)4-6-15-14(17)5-7-16/h8-9,16H,4-7H2,1-3H3,(H,15,17).